The van der Waals surface area contributed by atoms with Crippen molar-refractivity contribution in [1.29, 1.82) is 0 Å². The van der Waals surface area contributed by atoms with Crippen LogP contribution in [0.5, 0.6) is 0 Å². The summed E-state index contributed by atoms with van der Waals surface area (Å²) in [6.45, 7) is 4.32. The fourth-order valence-corrected chi connectivity index (χ4v) is 3.54. The van der Waals surface area contributed by atoms with Crippen molar-refractivity contribution in [2.75, 3.05) is 32.7 Å². The van der Waals surface area contributed by atoms with E-state index in [1.807, 2.05) is 41.3 Å². The Morgan fingerprint density at radius 1 is 0.815 bits per heavy atom. The summed E-state index contributed by atoms with van der Waals surface area (Å²) >= 11 is 0. The van der Waals surface area contributed by atoms with Gasteiger partial charge in [0.2, 0.25) is 0 Å². The summed E-state index contributed by atoms with van der Waals surface area (Å²) in [7, 11) is 0. The second-order valence-electron chi connectivity index (χ2n) is 6.97. The Labute approximate surface area is 160 Å². The van der Waals surface area contributed by atoms with Gasteiger partial charge in [-0.3, -0.25) is 9.69 Å². The van der Waals surface area contributed by atoms with Gasteiger partial charge >= 0.3 is 0 Å². The van der Waals surface area contributed by atoms with E-state index >= 15 is 0 Å². The molecular formula is C24H24N2O. The minimum absolute atomic E-state index is 0.139. The van der Waals surface area contributed by atoms with Crippen LogP contribution in [0.15, 0.2) is 78.9 Å². The van der Waals surface area contributed by atoms with Crippen LogP contribution in [0.4, 0.5) is 0 Å². The molecule has 0 aliphatic carbocycles. The Bertz CT molecular complexity index is 941. The van der Waals surface area contributed by atoms with E-state index in [0.29, 0.717) is 0 Å². The molecule has 0 aromatic heterocycles. The van der Waals surface area contributed by atoms with Crippen LogP contribution in [-0.2, 0) is 0 Å². The van der Waals surface area contributed by atoms with Crippen molar-refractivity contribution >= 4 is 22.8 Å². The molecule has 1 aliphatic rings. The van der Waals surface area contributed by atoms with Gasteiger partial charge in [-0.1, -0.05) is 72.8 Å². The molecule has 1 fully saturated rings. The third-order valence-corrected chi connectivity index (χ3v) is 5.13. The second kappa shape index (κ2) is 8.19. The number of amides is 1. The average Bonchev–Trinajstić information content (AvgIpc) is 2.74. The van der Waals surface area contributed by atoms with Crippen LogP contribution in [0.2, 0.25) is 0 Å². The highest BCUT2D eigenvalue weighted by Gasteiger charge is 2.21. The average molecular weight is 356 g/mol. The number of carbonyl (C=O) groups is 1. The summed E-state index contributed by atoms with van der Waals surface area (Å²) in [6.07, 6.45) is 4.36. The van der Waals surface area contributed by atoms with Gasteiger partial charge in [-0.05, 0) is 28.5 Å². The Morgan fingerprint density at radius 2 is 1.52 bits per heavy atom. The number of benzene rings is 3. The normalized spacial score (nSPS) is 15.5. The molecule has 0 atom stereocenters. The highest BCUT2D eigenvalue weighted by atomic mass is 16.2. The van der Waals surface area contributed by atoms with Gasteiger partial charge in [-0.2, -0.15) is 0 Å². The highest BCUT2D eigenvalue weighted by Crippen LogP contribution is 2.17. The molecule has 1 amide bonds. The first-order valence-electron chi connectivity index (χ1n) is 9.52. The molecule has 136 valence electrons. The summed E-state index contributed by atoms with van der Waals surface area (Å²) in [5, 5.41) is 2.29. The minimum atomic E-state index is 0.139. The smallest absolute Gasteiger partial charge is 0.253 e. The predicted octanol–water partition coefficient (Wildman–Crippen LogP) is 4.31. The number of fused-ring (bicyclic) bond motifs is 1. The van der Waals surface area contributed by atoms with Crippen LogP contribution in [0.3, 0.4) is 0 Å². The fourth-order valence-electron chi connectivity index (χ4n) is 3.54. The van der Waals surface area contributed by atoms with E-state index in [1.165, 1.54) is 10.9 Å². The fraction of sp³-hybridized carbons (Fsp3) is 0.208. The van der Waals surface area contributed by atoms with Crippen molar-refractivity contribution < 1.29 is 4.79 Å². The highest BCUT2D eigenvalue weighted by molar-refractivity contribution is 5.98. The van der Waals surface area contributed by atoms with Gasteiger partial charge in [0.1, 0.15) is 0 Å². The molecule has 0 radical (unpaired) electrons. The summed E-state index contributed by atoms with van der Waals surface area (Å²) in [4.78, 5) is 17.2. The van der Waals surface area contributed by atoms with E-state index in [-0.39, 0.29) is 5.91 Å². The van der Waals surface area contributed by atoms with Crippen LogP contribution in [0, 0.1) is 0 Å². The lowest BCUT2D eigenvalue weighted by atomic mass is 10.1. The monoisotopic (exact) mass is 356 g/mol. The Balaban J connectivity index is 1.33. The molecule has 27 heavy (non-hydrogen) atoms. The van der Waals surface area contributed by atoms with E-state index in [0.717, 1.165) is 43.7 Å². The van der Waals surface area contributed by atoms with Gasteiger partial charge in [-0.25, -0.2) is 0 Å². The molecule has 4 rings (SSSR count). The molecule has 0 unspecified atom stereocenters. The molecule has 0 N–H and O–H groups in total. The lowest BCUT2D eigenvalue weighted by molar-refractivity contribution is 0.0650. The van der Waals surface area contributed by atoms with Crippen LogP contribution in [-0.4, -0.2) is 48.4 Å². The van der Waals surface area contributed by atoms with Crippen molar-refractivity contribution in [1.82, 2.24) is 9.80 Å². The van der Waals surface area contributed by atoms with Crippen LogP contribution < -0.4 is 0 Å². The van der Waals surface area contributed by atoms with Crippen molar-refractivity contribution in [2.24, 2.45) is 0 Å². The number of nitrogens with zero attached hydrogens (tertiary/aromatic N) is 2. The maximum absolute atomic E-state index is 12.8. The minimum Gasteiger partial charge on any atom is -0.336 e. The summed E-state index contributed by atoms with van der Waals surface area (Å²) in [6, 6.07) is 24.5. The number of hydrogen-bond acceptors (Lipinski definition) is 2. The number of carbonyl (C=O) groups excluding carboxylic acids is 1. The number of piperazine rings is 1. The van der Waals surface area contributed by atoms with E-state index in [4.69, 9.17) is 0 Å². The van der Waals surface area contributed by atoms with Crippen LogP contribution >= 0.6 is 0 Å². The molecule has 3 aromatic carbocycles. The third-order valence-electron chi connectivity index (χ3n) is 5.13. The number of hydrogen-bond donors (Lipinski definition) is 0. The zero-order valence-electron chi connectivity index (χ0n) is 15.4. The van der Waals surface area contributed by atoms with E-state index < -0.39 is 0 Å². The largest absolute Gasteiger partial charge is 0.336 e. The van der Waals surface area contributed by atoms with E-state index in [9.17, 15) is 4.79 Å². The van der Waals surface area contributed by atoms with Crippen molar-refractivity contribution in [2.45, 2.75) is 0 Å². The molecule has 1 saturated heterocycles. The first kappa shape index (κ1) is 17.5. The van der Waals surface area contributed by atoms with Gasteiger partial charge in [0.15, 0.2) is 0 Å². The predicted molar refractivity (Wildman–Crippen MR) is 112 cm³/mol. The molecule has 0 saturated carbocycles. The molecule has 3 nitrogen and oxygen atoms in total. The van der Waals surface area contributed by atoms with Gasteiger partial charge in [0.05, 0.1) is 0 Å². The summed E-state index contributed by atoms with van der Waals surface area (Å²) in [5.41, 5.74) is 2.01. The molecule has 3 aromatic rings. The third kappa shape index (κ3) is 4.26. The lowest BCUT2D eigenvalue weighted by Crippen LogP contribution is -2.48. The maximum atomic E-state index is 12.8. The first-order chi connectivity index (χ1) is 13.3. The molecule has 1 heterocycles. The Kier molecular flexibility index (Phi) is 5.31. The Hall–Kier alpha value is -2.91. The molecule has 0 bridgehead atoms. The van der Waals surface area contributed by atoms with Crippen molar-refractivity contribution in [3.05, 3.63) is 90.0 Å². The molecule has 1 aliphatic heterocycles. The van der Waals surface area contributed by atoms with Crippen LogP contribution in [0.1, 0.15) is 15.9 Å². The maximum Gasteiger partial charge on any atom is 0.253 e. The molecule has 3 heteroatoms. The van der Waals surface area contributed by atoms with Crippen LogP contribution in [0.25, 0.3) is 16.8 Å². The zero-order valence-corrected chi connectivity index (χ0v) is 15.4. The molecular weight excluding hydrogens is 332 g/mol. The Morgan fingerprint density at radius 3 is 2.30 bits per heavy atom. The van der Waals surface area contributed by atoms with E-state index in [2.05, 4.69) is 53.5 Å². The number of rotatable bonds is 4. The topological polar surface area (TPSA) is 23.6 Å². The summed E-state index contributed by atoms with van der Waals surface area (Å²) < 4.78 is 0. The van der Waals surface area contributed by atoms with Crippen molar-refractivity contribution in [3.63, 3.8) is 0 Å². The summed E-state index contributed by atoms with van der Waals surface area (Å²) in [5.74, 6) is 0.139. The van der Waals surface area contributed by atoms with Gasteiger partial charge in [-0.15, -0.1) is 0 Å². The first-order valence-corrected chi connectivity index (χ1v) is 9.52. The van der Waals surface area contributed by atoms with E-state index in [1.54, 1.807) is 0 Å². The standard InChI is InChI=1S/C24H24N2O/c27-24(23-13-12-21-10-4-5-11-22(21)19-23)26-17-15-25(16-18-26)14-6-9-20-7-2-1-3-8-20/h1-13,19H,14-18H2/b9-6+. The van der Waals surface area contributed by atoms with Gasteiger partial charge < -0.3 is 4.90 Å². The second-order valence-corrected chi connectivity index (χ2v) is 6.97. The van der Waals surface area contributed by atoms with Gasteiger partial charge in [0, 0.05) is 38.3 Å². The lowest BCUT2D eigenvalue weighted by Gasteiger charge is -2.34. The van der Waals surface area contributed by atoms with Crippen molar-refractivity contribution in [3.8, 4) is 0 Å². The zero-order chi connectivity index (χ0) is 18.5. The van der Waals surface area contributed by atoms with Gasteiger partial charge in [0.25, 0.3) is 5.91 Å². The SMILES string of the molecule is O=C(c1ccc2ccccc2c1)N1CCN(C/C=C/c2ccccc2)CC1. The quantitative estimate of drug-likeness (QED) is 0.695. The molecule has 0 spiro atoms.